The number of Topliss-reactive ketones (excluding diaryl/α,β-unsaturated/α-hetero) is 1. The number of halogens is 3. The second-order valence-corrected chi connectivity index (χ2v) is 7.38. The van der Waals surface area contributed by atoms with Gasteiger partial charge in [0.2, 0.25) is 11.4 Å². The van der Waals surface area contributed by atoms with Gasteiger partial charge < -0.3 is 10.2 Å². The van der Waals surface area contributed by atoms with Gasteiger partial charge >= 0.3 is 6.18 Å². The molecule has 1 saturated carbocycles. The molecule has 0 bridgehead atoms. The van der Waals surface area contributed by atoms with E-state index in [2.05, 4.69) is 0 Å². The van der Waals surface area contributed by atoms with Crippen LogP contribution in [0, 0.1) is 0 Å². The first-order valence-corrected chi connectivity index (χ1v) is 9.51. The molecule has 2 aliphatic rings. The monoisotopic (exact) mass is 388 g/mol. The number of carbonyl (C=O) groups is 3. The van der Waals surface area contributed by atoms with Crippen LogP contribution in [0.2, 0.25) is 0 Å². The van der Waals surface area contributed by atoms with E-state index in [0.29, 0.717) is 25.7 Å². The summed E-state index contributed by atoms with van der Waals surface area (Å²) in [5, 5.41) is 1.91. The Hall–Kier alpha value is -1.86. The average molecular weight is 388 g/mol. The lowest BCUT2D eigenvalue weighted by molar-refractivity contribution is -0.195. The van der Waals surface area contributed by atoms with Crippen molar-refractivity contribution in [1.29, 1.82) is 0 Å². The Labute approximate surface area is 157 Å². The van der Waals surface area contributed by atoms with Gasteiger partial charge in [-0.2, -0.15) is 13.2 Å². The predicted molar refractivity (Wildman–Crippen MR) is 93.6 cm³/mol. The van der Waals surface area contributed by atoms with Crippen LogP contribution in [0.1, 0.15) is 72.1 Å². The highest BCUT2D eigenvalue weighted by Gasteiger charge is 2.70. The van der Waals surface area contributed by atoms with Gasteiger partial charge in [0.05, 0.1) is 5.57 Å². The number of allylic oxidation sites excluding steroid dienone is 1. The largest absolute Gasteiger partial charge is 0.425 e. The van der Waals surface area contributed by atoms with Gasteiger partial charge in [-0.3, -0.25) is 14.4 Å². The minimum atomic E-state index is -5.11. The fraction of sp³-hybridized carbons (Fsp3) is 0.737. The number of rotatable bonds is 6. The fourth-order valence-electron chi connectivity index (χ4n) is 4.19. The van der Waals surface area contributed by atoms with Gasteiger partial charge in [0.25, 0.3) is 5.91 Å². The SMILES string of the molecule is CCCCC(=O)NC1(C(F)(F)F)C(=O)N(C2CCCCC2)C(C)=C1C(C)=O. The van der Waals surface area contributed by atoms with Crippen molar-refractivity contribution < 1.29 is 27.6 Å². The topological polar surface area (TPSA) is 66.5 Å². The molecule has 5 nitrogen and oxygen atoms in total. The number of nitrogens with one attached hydrogen (secondary N) is 1. The molecule has 1 atom stereocenters. The summed E-state index contributed by atoms with van der Waals surface area (Å²) in [4.78, 5) is 38.6. The van der Waals surface area contributed by atoms with Crippen molar-refractivity contribution >= 4 is 17.6 Å². The molecule has 0 spiro atoms. The molecule has 1 unspecified atom stereocenters. The van der Waals surface area contributed by atoms with Crippen molar-refractivity contribution in [2.45, 2.75) is 89.9 Å². The smallest absolute Gasteiger partial charge is 0.330 e. The molecule has 1 fully saturated rings. The first-order chi connectivity index (χ1) is 12.6. The Morgan fingerprint density at radius 2 is 1.81 bits per heavy atom. The Morgan fingerprint density at radius 3 is 2.30 bits per heavy atom. The van der Waals surface area contributed by atoms with Gasteiger partial charge in [-0.15, -0.1) is 0 Å². The number of carbonyl (C=O) groups excluding carboxylic acids is 3. The maximum Gasteiger partial charge on any atom is 0.425 e. The summed E-state index contributed by atoms with van der Waals surface area (Å²) < 4.78 is 42.7. The highest BCUT2D eigenvalue weighted by Crippen LogP contribution is 2.46. The van der Waals surface area contributed by atoms with Crippen molar-refractivity contribution in [2.75, 3.05) is 0 Å². The van der Waals surface area contributed by atoms with Crippen LogP contribution < -0.4 is 5.32 Å². The van der Waals surface area contributed by atoms with Crippen LogP contribution in [0.15, 0.2) is 11.3 Å². The third-order valence-electron chi connectivity index (χ3n) is 5.44. The van der Waals surface area contributed by atoms with E-state index in [0.717, 1.165) is 31.1 Å². The maximum atomic E-state index is 14.2. The van der Waals surface area contributed by atoms with Crippen molar-refractivity contribution in [2.24, 2.45) is 0 Å². The van der Waals surface area contributed by atoms with Crippen LogP contribution in [-0.4, -0.2) is 40.3 Å². The van der Waals surface area contributed by atoms with Crippen LogP contribution in [0.3, 0.4) is 0 Å². The Balaban J connectivity index is 2.54. The van der Waals surface area contributed by atoms with Crippen molar-refractivity contribution in [3.05, 3.63) is 11.3 Å². The minimum Gasteiger partial charge on any atom is -0.330 e. The molecule has 0 saturated heterocycles. The molecule has 2 rings (SSSR count). The highest BCUT2D eigenvalue weighted by molar-refractivity contribution is 6.12. The summed E-state index contributed by atoms with van der Waals surface area (Å²) >= 11 is 0. The molecular formula is C19H27F3N2O3. The quantitative estimate of drug-likeness (QED) is 0.756. The summed E-state index contributed by atoms with van der Waals surface area (Å²) in [5.74, 6) is -2.98. The van der Waals surface area contributed by atoms with Gasteiger partial charge in [0.1, 0.15) is 0 Å². The minimum absolute atomic E-state index is 0.00696. The summed E-state index contributed by atoms with van der Waals surface area (Å²) in [6.07, 6.45) is -0.427. The second-order valence-electron chi connectivity index (χ2n) is 7.38. The molecule has 27 heavy (non-hydrogen) atoms. The molecule has 1 aliphatic heterocycles. The lowest BCUT2D eigenvalue weighted by Gasteiger charge is -2.36. The third-order valence-corrected chi connectivity index (χ3v) is 5.44. The zero-order valence-corrected chi connectivity index (χ0v) is 16.0. The van der Waals surface area contributed by atoms with E-state index in [9.17, 15) is 27.6 Å². The summed E-state index contributed by atoms with van der Waals surface area (Å²) in [6, 6.07) is -0.377. The molecule has 152 valence electrons. The van der Waals surface area contributed by atoms with Crippen molar-refractivity contribution in [3.8, 4) is 0 Å². The summed E-state index contributed by atoms with van der Waals surface area (Å²) in [6.45, 7) is 4.19. The van der Waals surface area contributed by atoms with Gasteiger partial charge in [0, 0.05) is 18.2 Å². The number of hydrogen-bond acceptors (Lipinski definition) is 3. The zero-order valence-electron chi connectivity index (χ0n) is 16.0. The molecule has 1 heterocycles. The lowest BCUT2D eigenvalue weighted by atomic mass is 9.86. The first kappa shape index (κ1) is 21.4. The third kappa shape index (κ3) is 3.75. The van der Waals surface area contributed by atoms with Gasteiger partial charge in [-0.1, -0.05) is 32.6 Å². The summed E-state index contributed by atoms with van der Waals surface area (Å²) in [7, 11) is 0. The van der Waals surface area contributed by atoms with E-state index in [1.165, 1.54) is 6.92 Å². The Bertz CT molecular complexity index is 651. The van der Waals surface area contributed by atoms with E-state index in [4.69, 9.17) is 0 Å². The van der Waals surface area contributed by atoms with Crippen LogP contribution in [0.5, 0.6) is 0 Å². The van der Waals surface area contributed by atoms with Crippen molar-refractivity contribution in [1.82, 2.24) is 10.2 Å². The molecular weight excluding hydrogens is 361 g/mol. The number of hydrogen-bond donors (Lipinski definition) is 1. The lowest BCUT2D eigenvalue weighted by Crippen LogP contribution is -2.66. The number of alkyl halides is 3. The second kappa shape index (κ2) is 8.02. The highest BCUT2D eigenvalue weighted by atomic mass is 19.4. The van der Waals surface area contributed by atoms with Crippen LogP contribution >= 0.6 is 0 Å². The fourth-order valence-corrected chi connectivity index (χ4v) is 4.19. The molecule has 0 aromatic heterocycles. The van der Waals surface area contributed by atoms with E-state index < -0.39 is 34.9 Å². The molecule has 0 aromatic rings. The predicted octanol–water partition coefficient (Wildman–Crippen LogP) is 3.63. The molecule has 0 aromatic carbocycles. The molecule has 2 amide bonds. The zero-order chi connectivity index (χ0) is 20.4. The number of amides is 2. The van der Waals surface area contributed by atoms with Gasteiger partial charge in [-0.05, 0) is 33.1 Å². The van der Waals surface area contributed by atoms with E-state index in [-0.39, 0.29) is 18.2 Å². The Morgan fingerprint density at radius 1 is 1.22 bits per heavy atom. The molecule has 8 heteroatoms. The first-order valence-electron chi connectivity index (χ1n) is 9.51. The van der Waals surface area contributed by atoms with E-state index in [1.807, 2.05) is 12.2 Å². The van der Waals surface area contributed by atoms with Crippen LogP contribution in [-0.2, 0) is 14.4 Å². The average Bonchev–Trinajstić information content (AvgIpc) is 2.81. The van der Waals surface area contributed by atoms with E-state index >= 15 is 0 Å². The van der Waals surface area contributed by atoms with Crippen molar-refractivity contribution in [3.63, 3.8) is 0 Å². The molecule has 1 N–H and O–H groups in total. The van der Waals surface area contributed by atoms with Gasteiger partial charge in [-0.25, -0.2) is 0 Å². The maximum absolute atomic E-state index is 14.2. The van der Waals surface area contributed by atoms with Crippen LogP contribution in [0.25, 0.3) is 0 Å². The Kier molecular flexibility index (Phi) is 6.37. The molecule has 0 radical (unpaired) electrons. The van der Waals surface area contributed by atoms with E-state index in [1.54, 1.807) is 0 Å². The number of unbranched alkanes of at least 4 members (excludes halogenated alkanes) is 1. The summed E-state index contributed by atoms with van der Waals surface area (Å²) in [5.41, 5.74) is -3.94. The standard InChI is InChI=1S/C19H27F3N2O3/c1-4-5-11-15(26)23-18(19(20,21)22)16(13(3)25)12(2)24(17(18)27)14-9-7-6-8-10-14/h14H,4-11H2,1-3H3,(H,23,26). The number of ketones is 1. The number of nitrogens with zero attached hydrogens (tertiary/aromatic N) is 1. The molecule has 1 aliphatic carbocycles. The van der Waals surface area contributed by atoms with Gasteiger partial charge in [0.15, 0.2) is 5.78 Å². The normalized spacial score (nSPS) is 24.5. The van der Waals surface area contributed by atoms with Crippen LogP contribution in [0.4, 0.5) is 13.2 Å².